The van der Waals surface area contributed by atoms with E-state index < -0.39 is 6.10 Å². The normalized spacial score (nSPS) is 31.0. The summed E-state index contributed by atoms with van der Waals surface area (Å²) in [6.45, 7) is 2.43. The summed E-state index contributed by atoms with van der Waals surface area (Å²) in [7, 11) is 1.78. The lowest BCUT2D eigenvalue weighted by Gasteiger charge is -2.21. The van der Waals surface area contributed by atoms with E-state index in [9.17, 15) is 9.90 Å². The van der Waals surface area contributed by atoms with Gasteiger partial charge in [0.2, 0.25) is 0 Å². The second kappa shape index (κ2) is 4.78. The minimum atomic E-state index is -0.829. The molecular formula is C14H17ClN2O2. The summed E-state index contributed by atoms with van der Waals surface area (Å²) in [5, 5.41) is 10.7. The van der Waals surface area contributed by atoms with Crippen LogP contribution in [-0.2, 0) is 11.3 Å². The molecule has 4 nitrogen and oxygen atoms in total. The van der Waals surface area contributed by atoms with Gasteiger partial charge in [0.05, 0.1) is 6.04 Å². The largest absolute Gasteiger partial charge is 0.383 e. The monoisotopic (exact) mass is 280 g/mol. The van der Waals surface area contributed by atoms with Crippen LogP contribution in [0.5, 0.6) is 0 Å². The Labute approximate surface area is 117 Å². The first kappa shape index (κ1) is 12.9. The van der Waals surface area contributed by atoms with Crippen LogP contribution in [0.2, 0.25) is 5.02 Å². The molecule has 1 amide bonds. The Balaban J connectivity index is 1.67. The zero-order valence-corrected chi connectivity index (χ0v) is 11.5. The van der Waals surface area contributed by atoms with Crippen molar-refractivity contribution >= 4 is 17.5 Å². The Morgan fingerprint density at radius 3 is 2.63 bits per heavy atom. The fraction of sp³-hybridized carbons (Fsp3) is 0.500. The molecule has 5 heteroatoms. The van der Waals surface area contributed by atoms with E-state index in [-0.39, 0.29) is 17.9 Å². The third-order valence-electron chi connectivity index (χ3n) is 4.23. The molecule has 0 aromatic heterocycles. The summed E-state index contributed by atoms with van der Waals surface area (Å²) in [5.74, 6) is -0.0917. The SMILES string of the molecule is CN1C(=O)[C@@H](O)[C@H]2CN(Cc3ccc(Cl)cc3)C[C@H]21. The number of halogens is 1. The fourth-order valence-electron chi connectivity index (χ4n) is 3.15. The Morgan fingerprint density at radius 2 is 2.00 bits per heavy atom. The first-order valence-corrected chi connectivity index (χ1v) is 6.85. The summed E-state index contributed by atoms with van der Waals surface area (Å²) in [5.41, 5.74) is 1.20. The third kappa shape index (κ3) is 2.24. The average Bonchev–Trinajstić information content (AvgIpc) is 2.89. The molecule has 2 aliphatic rings. The molecule has 2 heterocycles. The number of benzene rings is 1. The Hall–Kier alpha value is -1.10. The maximum atomic E-state index is 11.7. The van der Waals surface area contributed by atoms with Crippen molar-refractivity contribution in [2.45, 2.75) is 18.7 Å². The Morgan fingerprint density at radius 1 is 1.32 bits per heavy atom. The molecule has 1 aromatic carbocycles. The molecule has 0 saturated carbocycles. The fourth-order valence-corrected chi connectivity index (χ4v) is 3.27. The van der Waals surface area contributed by atoms with E-state index in [4.69, 9.17) is 11.6 Å². The van der Waals surface area contributed by atoms with Gasteiger partial charge in [-0.2, -0.15) is 0 Å². The molecule has 3 rings (SSSR count). The Kier molecular flexibility index (Phi) is 3.25. The molecule has 19 heavy (non-hydrogen) atoms. The smallest absolute Gasteiger partial charge is 0.251 e. The summed E-state index contributed by atoms with van der Waals surface area (Å²) in [6, 6.07) is 7.95. The molecule has 2 fully saturated rings. The second-order valence-corrected chi connectivity index (χ2v) is 5.88. The first-order chi connectivity index (χ1) is 9.06. The van der Waals surface area contributed by atoms with Gasteiger partial charge >= 0.3 is 0 Å². The topological polar surface area (TPSA) is 43.8 Å². The van der Waals surface area contributed by atoms with Gasteiger partial charge in [0.15, 0.2) is 0 Å². The van der Waals surface area contributed by atoms with Crippen LogP contribution in [0.15, 0.2) is 24.3 Å². The maximum Gasteiger partial charge on any atom is 0.251 e. The van der Waals surface area contributed by atoms with Crippen molar-refractivity contribution in [3.05, 3.63) is 34.9 Å². The van der Waals surface area contributed by atoms with E-state index in [2.05, 4.69) is 4.90 Å². The average molecular weight is 281 g/mol. The molecule has 0 bridgehead atoms. The van der Waals surface area contributed by atoms with Crippen molar-refractivity contribution in [3.63, 3.8) is 0 Å². The molecule has 2 aliphatic heterocycles. The van der Waals surface area contributed by atoms with E-state index in [1.54, 1.807) is 11.9 Å². The summed E-state index contributed by atoms with van der Waals surface area (Å²) in [6.07, 6.45) is -0.829. The van der Waals surface area contributed by atoms with Crippen LogP contribution in [-0.4, -0.2) is 53.1 Å². The number of carbonyl (C=O) groups excluding carboxylic acids is 1. The van der Waals surface area contributed by atoms with Gasteiger partial charge in [-0.15, -0.1) is 0 Å². The van der Waals surface area contributed by atoms with Crippen molar-refractivity contribution in [1.82, 2.24) is 9.80 Å². The van der Waals surface area contributed by atoms with Crippen molar-refractivity contribution in [3.8, 4) is 0 Å². The summed E-state index contributed by atoms with van der Waals surface area (Å²) in [4.78, 5) is 15.6. The van der Waals surface area contributed by atoms with Crippen LogP contribution in [0.3, 0.4) is 0 Å². The number of hydrogen-bond acceptors (Lipinski definition) is 3. The number of amides is 1. The molecule has 102 valence electrons. The third-order valence-corrected chi connectivity index (χ3v) is 4.48. The lowest BCUT2D eigenvalue weighted by molar-refractivity contribution is -0.135. The number of nitrogens with zero attached hydrogens (tertiary/aromatic N) is 2. The van der Waals surface area contributed by atoms with Crippen LogP contribution >= 0.6 is 11.6 Å². The van der Waals surface area contributed by atoms with Gasteiger partial charge in [0.25, 0.3) is 5.91 Å². The van der Waals surface area contributed by atoms with E-state index in [1.165, 1.54) is 5.56 Å². The lowest BCUT2D eigenvalue weighted by atomic mass is 10.0. The molecule has 0 unspecified atom stereocenters. The number of rotatable bonds is 2. The van der Waals surface area contributed by atoms with Crippen LogP contribution in [0.25, 0.3) is 0 Å². The highest BCUT2D eigenvalue weighted by molar-refractivity contribution is 6.30. The molecule has 0 aliphatic carbocycles. The Bertz CT molecular complexity index is 471. The van der Waals surface area contributed by atoms with Crippen LogP contribution in [0, 0.1) is 5.92 Å². The standard InChI is InChI=1S/C14H17ClN2O2/c1-16-12-8-17(7-11(12)13(18)14(16)19)6-9-2-4-10(15)5-3-9/h2-5,11-13,18H,6-8H2,1H3/t11-,12+,13-/m0/s1. The molecule has 1 aromatic rings. The highest BCUT2D eigenvalue weighted by atomic mass is 35.5. The van der Waals surface area contributed by atoms with E-state index in [1.807, 2.05) is 24.3 Å². The van der Waals surface area contributed by atoms with Gasteiger partial charge in [0.1, 0.15) is 6.10 Å². The van der Waals surface area contributed by atoms with Gasteiger partial charge in [-0.05, 0) is 17.7 Å². The predicted molar refractivity (Wildman–Crippen MR) is 72.8 cm³/mol. The quantitative estimate of drug-likeness (QED) is 0.878. The van der Waals surface area contributed by atoms with Crippen molar-refractivity contribution < 1.29 is 9.90 Å². The minimum absolute atomic E-state index is 0.0461. The van der Waals surface area contributed by atoms with Crippen molar-refractivity contribution in [1.29, 1.82) is 0 Å². The zero-order valence-electron chi connectivity index (χ0n) is 10.8. The van der Waals surface area contributed by atoms with Crippen molar-refractivity contribution in [2.24, 2.45) is 5.92 Å². The molecule has 1 N–H and O–H groups in total. The number of aliphatic hydroxyl groups excluding tert-OH is 1. The molecule has 0 spiro atoms. The summed E-state index contributed by atoms with van der Waals surface area (Å²) < 4.78 is 0. The number of fused-ring (bicyclic) bond motifs is 1. The molecule has 0 radical (unpaired) electrons. The molecule has 3 atom stereocenters. The minimum Gasteiger partial charge on any atom is -0.383 e. The second-order valence-electron chi connectivity index (χ2n) is 5.45. The number of likely N-dealkylation sites (N-methyl/N-ethyl adjacent to an activating group) is 1. The van der Waals surface area contributed by atoms with Gasteiger partial charge in [-0.1, -0.05) is 23.7 Å². The predicted octanol–water partition coefficient (Wildman–Crippen LogP) is 0.973. The van der Waals surface area contributed by atoms with Gasteiger partial charge in [0, 0.05) is 37.6 Å². The van der Waals surface area contributed by atoms with E-state index >= 15 is 0 Å². The van der Waals surface area contributed by atoms with Crippen LogP contribution < -0.4 is 0 Å². The number of hydrogen-bond donors (Lipinski definition) is 1. The van der Waals surface area contributed by atoms with Gasteiger partial charge in [-0.25, -0.2) is 0 Å². The lowest BCUT2D eigenvalue weighted by Crippen LogP contribution is -2.36. The van der Waals surface area contributed by atoms with E-state index in [0.717, 1.165) is 24.7 Å². The number of aliphatic hydroxyl groups is 1. The zero-order chi connectivity index (χ0) is 13.6. The van der Waals surface area contributed by atoms with Crippen LogP contribution in [0.4, 0.5) is 0 Å². The number of likely N-dealkylation sites (tertiary alicyclic amines) is 2. The van der Waals surface area contributed by atoms with Gasteiger partial charge in [-0.3, -0.25) is 9.69 Å². The maximum absolute atomic E-state index is 11.7. The first-order valence-electron chi connectivity index (χ1n) is 6.48. The highest BCUT2D eigenvalue weighted by Crippen LogP contribution is 2.32. The summed E-state index contributed by atoms with van der Waals surface area (Å²) >= 11 is 5.87. The molecule has 2 saturated heterocycles. The van der Waals surface area contributed by atoms with Crippen LogP contribution in [0.1, 0.15) is 5.56 Å². The number of carbonyl (C=O) groups is 1. The van der Waals surface area contributed by atoms with E-state index in [0.29, 0.717) is 0 Å². The molecular weight excluding hydrogens is 264 g/mol. The highest BCUT2D eigenvalue weighted by Gasteiger charge is 2.50. The van der Waals surface area contributed by atoms with Crippen molar-refractivity contribution in [2.75, 3.05) is 20.1 Å². The van der Waals surface area contributed by atoms with Gasteiger partial charge < -0.3 is 10.0 Å².